The van der Waals surface area contributed by atoms with Gasteiger partial charge in [-0.1, -0.05) is 270 Å². The molecule has 0 saturated carbocycles. The van der Waals surface area contributed by atoms with Gasteiger partial charge in [0.15, 0.2) is 0 Å². The van der Waals surface area contributed by atoms with Crippen molar-refractivity contribution < 1.29 is 90.1 Å². The van der Waals surface area contributed by atoms with Crippen LogP contribution in [0.3, 0.4) is 0 Å². The minimum atomic E-state index is -2.15. The molecule has 0 aliphatic rings. The number of rotatable bonds is 26. The van der Waals surface area contributed by atoms with Crippen molar-refractivity contribution in [1.29, 1.82) is 0 Å². The third kappa shape index (κ3) is 26.9. The second-order valence-electron chi connectivity index (χ2n) is 27.5. The monoisotopic (exact) mass is 1460 g/mol. The first-order valence-electron chi connectivity index (χ1n) is 24.9. The molecule has 0 aromatic carbocycles. The molecule has 0 fully saturated rings. The van der Waals surface area contributed by atoms with E-state index in [9.17, 15) is 10.2 Å². The quantitative estimate of drug-likeness (QED) is 0.0796. The summed E-state index contributed by atoms with van der Waals surface area (Å²) in [5, 5.41) is 25.0. The molecule has 10 nitrogen and oxygen atoms in total. The molecule has 0 unspecified atom stereocenters. The van der Waals surface area contributed by atoms with Crippen LogP contribution in [0.25, 0.3) is 29.9 Å². The van der Waals surface area contributed by atoms with Gasteiger partial charge in [-0.2, -0.15) is 12.5 Å². The van der Waals surface area contributed by atoms with E-state index in [0.29, 0.717) is 0 Å². The van der Waals surface area contributed by atoms with Gasteiger partial charge in [-0.05, 0) is 39.3 Å². The van der Waals surface area contributed by atoms with E-state index in [-0.39, 0.29) is 123 Å². The Hall–Kier alpha value is 3.55. The summed E-state index contributed by atoms with van der Waals surface area (Å²) in [4.78, 5) is 35.7. The molecule has 0 aromatic rings. The molecule has 388 valence electrons. The summed E-state index contributed by atoms with van der Waals surface area (Å²) in [5.41, 5.74) is 0. The van der Waals surface area contributed by atoms with E-state index in [1.54, 1.807) is 0 Å². The largest absolute Gasteiger partial charge is 4.00 e. The van der Waals surface area contributed by atoms with Crippen molar-refractivity contribution in [2.24, 2.45) is 0 Å². The molecule has 0 saturated heterocycles. The van der Waals surface area contributed by atoms with Crippen LogP contribution in [0, 0.1) is 79.9 Å². The Kier molecular flexibility index (Phi) is 35.0. The summed E-state index contributed by atoms with van der Waals surface area (Å²) in [6.07, 6.45) is -0.0597. The maximum absolute atomic E-state index is 12.0. The van der Waals surface area contributed by atoms with Crippen LogP contribution in [0.1, 0.15) is 125 Å². The zero-order chi connectivity index (χ0) is 51.3. The van der Waals surface area contributed by atoms with Crippen LogP contribution in [-0.4, -0.2) is 150 Å². The fourth-order valence-electron chi connectivity index (χ4n) is 5.38. The molecule has 0 rings (SSSR count). The molecule has 0 aromatic heterocycles. The Bertz CT molecular complexity index is 1150. The van der Waals surface area contributed by atoms with Gasteiger partial charge in [0.25, 0.3) is 0 Å². The molecule has 0 N–H and O–H groups in total. The molecule has 66 heavy (non-hydrogen) atoms. The van der Waals surface area contributed by atoms with Gasteiger partial charge < -0.3 is 49.9 Å². The van der Waals surface area contributed by atoms with E-state index in [2.05, 4.69) is 200 Å². The number of nitrogens with zero attached hydrogens (tertiary/aromatic N) is 8. The molecule has 0 amide bonds. The summed E-state index contributed by atoms with van der Waals surface area (Å²) < 4.78 is 0. The summed E-state index contributed by atoms with van der Waals surface area (Å²) in [5.74, 6) is 0. The third-order valence-electron chi connectivity index (χ3n) is 16.6. The first-order valence-corrected chi connectivity index (χ1v) is 42.0. The Morgan fingerprint density at radius 3 is 0.561 bits per heavy atom. The molecule has 0 spiro atoms. The molecule has 18 heteroatoms. The van der Waals surface area contributed by atoms with E-state index < -0.39 is 49.4 Å². The van der Waals surface area contributed by atoms with Gasteiger partial charge in [0.05, 0.1) is 0 Å². The molecule has 0 heterocycles. The molecule has 0 aliphatic heterocycles. The van der Waals surface area contributed by atoms with Crippen LogP contribution >= 0.6 is 0 Å². The van der Waals surface area contributed by atoms with E-state index in [1.807, 2.05) is 0 Å². The van der Waals surface area contributed by atoms with Gasteiger partial charge in [-0.3, -0.25) is 0 Å². The summed E-state index contributed by atoms with van der Waals surface area (Å²) >= 11 is 0. The van der Waals surface area contributed by atoms with Crippen LogP contribution in [0.5, 0.6) is 0 Å². The Morgan fingerprint density at radius 1 is 0.288 bits per heavy atom. The summed E-state index contributed by atoms with van der Waals surface area (Å²) in [7, 11) is -10.8. The standard InChI is InChI=1S/2C24H56N4OSi3.2Th/c2*1-22(2,3)30(10,11)25-15-18-28(19-16-26-31(12,13)23(4,5)6)20-17-27-32(14,21-29)24(7,8)9;;/h2*15-21H2,1-14H3;;/q2*-4;2*+4/t2*32-;;/m11../s1. The van der Waals surface area contributed by atoms with Crippen molar-refractivity contribution in [3.05, 3.63) is 29.9 Å². The van der Waals surface area contributed by atoms with Crippen molar-refractivity contribution >= 4 is 49.4 Å². The van der Waals surface area contributed by atoms with Gasteiger partial charge in [0.2, 0.25) is 0 Å². The van der Waals surface area contributed by atoms with Gasteiger partial charge >= 0.3 is 79.9 Å². The van der Waals surface area contributed by atoms with E-state index in [1.165, 1.54) is 0 Å². The normalized spacial score (nSPS) is 16.0. The Labute approximate surface area is 484 Å². The fraction of sp³-hybridized carbons (Fsp3) is 1.00. The maximum Gasteiger partial charge on any atom is 4.00 e. The molecule has 0 aliphatic carbocycles. The SMILES string of the molecule is CC(C)(C)[Si](C)(C)[N-]CCN(CC[N-][Si](C)(C)C(C)(C)C)CC[N-][Si@](C)(C[O-])C(C)(C)C.CC(C)(C)[Si](C)(C)[N-]CCN(CC[N-][Si](C)(C)C(C)(C)C)CC[N-][Si@](C)(C[O-])C(C)(C)C.[Th+4].[Th+4]. The van der Waals surface area contributed by atoms with Gasteiger partial charge in [-0.25, -0.2) is 0 Å². The van der Waals surface area contributed by atoms with Crippen LogP contribution in [0.4, 0.5) is 0 Å². The molecular formula is C48H112N8O2Si6Th2. The van der Waals surface area contributed by atoms with Crippen LogP contribution in [-0.2, 0) is 0 Å². The van der Waals surface area contributed by atoms with Gasteiger partial charge in [0.1, 0.15) is 0 Å². The zero-order valence-electron chi connectivity index (χ0n) is 49.3. The Balaban J connectivity index is -0.000000565. The first-order chi connectivity index (χ1) is 28.2. The van der Waals surface area contributed by atoms with Crippen molar-refractivity contribution in [2.75, 3.05) is 91.0 Å². The Morgan fingerprint density at radius 2 is 0.439 bits per heavy atom. The van der Waals surface area contributed by atoms with Gasteiger partial charge in [0, 0.05) is 0 Å². The van der Waals surface area contributed by atoms with Crippen LogP contribution in [0.2, 0.25) is 95.7 Å². The van der Waals surface area contributed by atoms with Crippen molar-refractivity contribution in [1.82, 2.24) is 9.80 Å². The van der Waals surface area contributed by atoms with E-state index in [4.69, 9.17) is 29.9 Å². The molecular weight excluding hydrogens is 1350 g/mol. The second-order valence-corrected chi connectivity index (χ2v) is 56.6. The second kappa shape index (κ2) is 30.3. The predicted molar refractivity (Wildman–Crippen MR) is 303 cm³/mol. The average Bonchev–Trinajstić information content (AvgIpc) is 3.08. The number of hydrogen-bond acceptors (Lipinski definition) is 4. The molecule has 0 bridgehead atoms. The first kappa shape index (κ1) is 76.1. The van der Waals surface area contributed by atoms with Crippen molar-refractivity contribution in [3.63, 3.8) is 0 Å². The topological polar surface area (TPSA) is 137 Å². The average molecular weight is 1470 g/mol. The smallest absolute Gasteiger partial charge is 0.858 e. The predicted octanol–water partition coefficient (Wildman–Crippen LogP) is 13.4. The maximum atomic E-state index is 12.0. The van der Waals surface area contributed by atoms with Crippen molar-refractivity contribution in [2.45, 2.75) is 220 Å². The fourth-order valence-corrected chi connectivity index (χ4v) is 13.1. The van der Waals surface area contributed by atoms with E-state index >= 15 is 0 Å². The summed E-state index contributed by atoms with van der Waals surface area (Å²) in [6.45, 7) is 74.8. The van der Waals surface area contributed by atoms with Gasteiger partial charge in [-0.15, -0.1) is 39.3 Å². The number of hydrogen-bond donors (Lipinski definition) is 0. The van der Waals surface area contributed by atoms with Crippen LogP contribution < -0.4 is 10.2 Å². The van der Waals surface area contributed by atoms with E-state index in [0.717, 1.165) is 78.5 Å². The molecule has 2 atom stereocenters. The third-order valence-corrected chi connectivity index (χ3v) is 44.8. The van der Waals surface area contributed by atoms with Crippen LogP contribution in [0.15, 0.2) is 0 Å². The summed E-state index contributed by atoms with van der Waals surface area (Å²) in [6, 6.07) is 0. The zero-order valence-corrected chi connectivity index (χ0v) is 63.5. The minimum absolute atomic E-state index is 0. The van der Waals surface area contributed by atoms with Crippen molar-refractivity contribution in [3.8, 4) is 0 Å². The molecule has 0 radical (unpaired) electrons. The minimum Gasteiger partial charge on any atom is -0.858 e.